The summed E-state index contributed by atoms with van der Waals surface area (Å²) in [6.45, 7) is 0.764. The van der Waals surface area contributed by atoms with Crippen molar-refractivity contribution in [2.45, 2.75) is 31.7 Å². The zero-order valence-electron chi connectivity index (χ0n) is 12.1. The van der Waals surface area contributed by atoms with Crippen LogP contribution >= 0.6 is 11.6 Å². The van der Waals surface area contributed by atoms with Crippen LogP contribution < -0.4 is 0 Å². The summed E-state index contributed by atoms with van der Waals surface area (Å²) in [5, 5.41) is 2.29. The number of alkyl halides is 1. The van der Waals surface area contributed by atoms with Gasteiger partial charge in [-0.25, -0.2) is 0 Å². The van der Waals surface area contributed by atoms with E-state index in [1.54, 1.807) is 0 Å². The number of halogens is 1. The van der Waals surface area contributed by atoms with E-state index in [1.165, 1.54) is 11.8 Å². The number of carbonyl (C=O) groups is 1. The minimum absolute atomic E-state index is 0.149. The number of carbonyl (C=O) groups excluding carboxylic acids is 1. The molecule has 0 aromatic heterocycles. The van der Waals surface area contributed by atoms with Crippen LogP contribution in [0.1, 0.15) is 36.0 Å². The van der Waals surface area contributed by atoms with Crippen molar-refractivity contribution in [2.24, 2.45) is 0 Å². The van der Waals surface area contributed by atoms with E-state index in [9.17, 15) is 4.79 Å². The summed E-state index contributed by atoms with van der Waals surface area (Å²) in [6.07, 6.45) is 4.34. The molecule has 0 bridgehead atoms. The van der Waals surface area contributed by atoms with Crippen molar-refractivity contribution >= 4 is 28.3 Å². The molecule has 3 rings (SSSR count). The molecule has 0 atom stereocenters. The number of hydrogen-bond donors (Lipinski definition) is 0. The highest BCUT2D eigenvalue weighted by atomic mass is 35.5. The molecule has 0 aliphatic heterocycles. The van der Waals surface area contributed by atoms with Crippen molar-refractivity contribution in [3.63, 3.8) is 0 Å². The Balaban J connectivity index is 1.85. The normalized spacial score (nSPS) is 14.9. The smallest absolute Gasteiger partial charge is 0.254 e. The van der Waals surface area contributed by atoms with Crippen LogP contribution in [-0.2, 0) is 0 Å². The summed E-state index contributed by atoms with van der Waals surface area (Å²) in [6, 6.07) is 14.5. The van der Waals surface area contributed by atoms with Crippen molar-refractivity contribution in [3.8, 4) is 0 Å². The fourth-order valence-electron chi connectivity index (χ4n) is 2.87. The van der Waals surface area contributed by atoms with Crippen molar-refractivity contribution in [1.29, 1.82) is 0 Å². The molecule has 2 nitrogen and oxygen atoms in total. The molecule has 0 spiro atoms. The van der Waals surface area contributed by atoms with Crippen molar-refractivity contribution in [3.05, 3.63) is 48.0 Å². The van der Waals surface area contributed by atoms with E-state index in [0.29, 0.717) is 11.9 Å². The Hall–Kier alpha value is -1.54. The second-order valence-electron chi connectivity index (χ2n) is 5.69. The van der Waals surface area contributed by atoms with E-state index in [1.807, 2.05) is 35.2 Å². The SMILES string of the molecule is O=C(c1ccc2ccccc2c1)N(CCCCl)C1CCC1. The van der Waals surface area contributed by atoms with Gasteiger partial charge < -0.3 is 4.90 Å². The van der Waals surface area contributed by atoms with Crippen LogP contribution in [0.2, 0.25) is 0 Å². The Morgan fingerprint density at radius 2 is 1.90 bits per heavy atom. The Morgan fingerprint density at radius 3 is 2.57 bits per heavy atom. The highest BCUT2D eigenvalue weighted by Gasteiger charge is 2.28. The lowest BCUT2D eigenvalue weighted by Gasteiger charge is -2.37. The molecular weight excluding hydrogens is 282 g/mol. The number of hydrogen-bond acceptors (Lipinski definition) is 1. The minimum atomic E-state index is 0.149. The van der Waals surface area contributed by atoms with Gasteiger partial charge in [-0.15, -0.1) is 11.6 Å². The molecule has 1 amide bonds. The van der Waals surface area contributed by atoms with E-state index >= 15 is 0 Å². The van der Waals surface area contributed by atoms with Gasteiger partial charge in [-0.2, -0.15) is 0 Å². The van der Waals surface area contributed by atoms with E-state index in [-0.39, 0.29) is 5.91 Å². The van der Waals surface area contributed by atoms with Crippen molar-refractivity contribution in [2.75, 3.05) is 12.4 Å². The third-order valence-corrected chi connectivity index (χ3v) is 4.57. The minimum Gasteiger partial charge on any atom is -0.336 e. The highest BCUT2D eigenvalue weighted by molar-refractivity contribution is 6.17. The van der Waals surface area contributed by atoms with Crippen LogP contribution in [0.5, 0.6) is 0 Å². The molecular formula is C18H20ClNO. The molecule has 2 aromatic carbocycles. The van der Waals surface area contributed by atoms with E-state index in [2.05, 4.69) is 12.1 Å². The maximum Gasteiger partial charge on any atom is 0.254 e. The van der Waals surface area contributed by atoms with Gasteiger partial charge in [0.05, 0.1) is 0 Å². The number of rotatable bonds is 5. The van der Waals surface area contributed by atoms with Crippen LogP contribution in [0.4, 0.5) is 0 Å². The monoisotopic (exact) mass is 301 g/mol. The van der Waals surface area contributed by atoms with Gasteiger partial charge in [0.25, 0.3) is 5.91 Å². The van der Waals surface area contributed by atoms with Gasteiger partial charge in [0.2, 0.25) is 0 Å². The van der Waals surface area contributed by atoms with E-state index < -0.39 is 0 Å². The molecule has 3 heteroatoms. The molecule has 21 heavy (non-hydrogen) atoms. The van der Waals surface area contributed by atoms with Crippen molar-refractivity contribution < 1.29 is 4.79 Å². The Kier molecular flexibility index (Phi) is 4.45. The van der Waals surface area contributed by atoms with Gasteiger partial charge >= 0.3 is 0 Å². The fourth-order valence-corrected chi connectivity index (χ4v) is 2.99. The first-order valence-electron chi connectivity index (χ1n) is 7.65. The third-order valence-electron chi connectivity index (χ3n) is 4.31. The molecule has 0 heterocycles. The predicted octanol–water partition coefficient (Wildman–Crippen LogP) is 4.46. The maximum absolute atomic E-state index is 12.8. The standard InChI is InChI=1S/C18H20ClNO/c19-11-4-12-20(17-7-3-8-17)18(21)16-10-9-14-5-1-2-6-15(14)13-16/h1-2,5-6,9-10,13,17H,3-4,7-8,11-12H2. The average molecular weight is 302 g/mol. The lowest BCUT2D eigenvalue weighted by molar-refractivity contribution is 0.0581. The first kappa shape index (κ1) is 14.4. The lowest BCUT2D eigenvalue weighted by Crippen LogP contribution is -2.44. The first-order valence-corrected chi connectivity index (χ1v) is 8.19. The van der Waals surface area contributed by atoms with Gasteiger partial charge in [0.1, 0.15) is 0 Å². The van der Waals surface area contributed by atoms with Crippen LogP contribution in [0.3, 0.4) is 0 Å². The molecule has 110 valence electrons. The van der Waals surface area contributed by atoms with Gasteiger partial charge in [-0.05, 0) is 48.6 Å². The number of nitrogens with zero attached hydrogens (tertiary/aromatic N) is 1. The molecule has 1 saturated carbocycles. The van der Waals surface area contributed by atoms with E-state index in [0.717, 1.165) is 36.8 Å². The zero-order valence-corrected chi connectivity index (χ0v) is 12.9. The van der Waals surface area contributed by atoms with Gasteiger partial charge in [-0.3, -0.25) is 4.79 Å². The molecule has 1 aliphatic rings. The van der Waals surface area contributed by atoms with Crippen LogP contribution in [0, 0.1) is 0 Å². The van der Waals surface area contributed by atoms with Crippen molar-refractivity contribution in [1.82, 2.24) is 4.90 Å². The maximum atomic E-state index is 12.8. The summed E-state index contributed by atoms with van der Waals surface area (Å²) in [7, 11) is 0. The summed E-state index contributed by atoms with van der Waals surface area (Å²) in [4.78, 5) is 14.8. The highest BCUT2D eigenvalue weighted by Crippen LogP contribution is 2.27. The lowest BCUT2D eigenvalue weighted by atomic mass is 9.90. The summed E-state index contributed by atoms with van der Waals surface area (Å²) in [5.41, 5.74) is 0.787. The van der Waals surface area contributed by atoms with Crippen LogP contribution in [-0.4, -0.2) is 29.3 Å². The van der Waals surface area contributed by atoms with Gasteiger partial charge in [-0.1, -0.05) is 30.3 Å². The molecule has 0 radical (unpaired) electrons. The molecule has 1 aliphatic carbocycles. The first-order chi connectivity index (χ1) is 10.3. The summed E-state index contributed by atoms with van der Waals surface area (Å²) in [5.74, 6) is 0.754. The quantitative estimate of drug-likeness (QED) is 0.747. The summed E-state index contributed by atoms with van der Waals surface area (Å²) >= 11 is 5.80. The van der Waals surface area contributed by atoms with Crippen LogP contribution in [0.15, 0.2) is 42.5 Å². The molecule has 0 N–H and O–H groups in total. The Bertz CT molecular complexity index is 636. The number of fused-ring (bicyclic) bond motifs is 1. The predicted molar refractivity (Wildman–Crippen MR) is 88.0 cm³/mol. The summed E-state index contributed by atoms with van der Waals surface area (Å²) < 4.78 is 0. The largest absolute Gasteiger partial charge is 0.336 e. The topological polar surface area (TPSA) is 20.3 Å². The van der Waals surface area contributed by atoms with E-state index in [4.69, 9.17) is 11.6 Å². The molecule has 2 aromatic rings. The Morgan fingerprint density at radius 1 is 1.14 bits per heavy atom. The molecule has 0 unspecified atom stereocenters. The second kappa shape index (κ2) is 6.48. The second-order valence-corrected chi connectivity index (χ2v) is 6.07. The number of benzene rings is 2. The molecule has 1 fully saturated rings. The Labute approximate surface area is 130 Å². The fraction of sp³-hybridized carbons (Fsp3) is 0.389. The van der Waals surface area contributed by atoms with Crippen LogP contribution in [0.25, 0.3) is 10.8 Å². The number of amides is 1. The average Bonchev–Trinajstić information content (AvgIpc) is 2.48. The van der Waals surface area contributed by atoms with Gasteiger partial charge in [0.15, 0.2) is 0 Å². The third kappa shape index (κ3) is 3.06. The molecule has 0 saturated heterocycles. The van der Waals surface area contributed by atoms with Gasteiger partial charge in [0, 0.05) is 24.0 Å². The zero-order chi connectivity index (χ0) is 14.7.